The Balaban J connectivity index is 1.23. The summed E-state index contributed by atoms with van der Waals surface area (Å²) in [6.45, 7) is 1.51. The number of benzene rings is 1. The van der Waals surface area contributed by atoms with E-state index in [1.54, 1.807) is 21.6 Å². The number of nitrogens with one attached hydrogen (secondary N) is 2. The molecule has 12 heteroatoms. The number of carbonyl (C=O) groups is 1. The largest absolute Gasteiger partial charge is 0.353 e. The summed E-state index contributed by atoms with van der Waals surface area (Å²) in [5.41, 5.74) is 8.30. The van der Waals surface area contributed by atoms with Gasteiger partial charge in [0.25, 0.3) is 0 Å². The van der Waals surface area contributed by atoms with E-state index in [1.807, 2.05) is 56.4 Å². The van der Waals surface area contributed by atoms with Crippen LogP contribution in [0, 0.1) is 0 Å². The Kier molecular flexibility index (Phi) is 7.06. The standard InChI is InChI=1S/C29H33N11O/c1-37(2)14-12-30-25(41)18-40-13-11-24(36-40)33-29-31-15-21-9-10-23-26(27(21)34-29)28(39(4)35-23)20-7-5-19(6-8-20)22-16-32-38(3)17-22/h5-8,11,13,15-17H,9-10,12,14,18H2,1-4H3,(H,30,41)(H,31,33,34,36). The van der Waals surface area contributed by atoms with Gasteiger partial charge in [0.1, 0.15) is 6.54 Å². The van der Waals surface area contributed by atoms with Crippen LogP contribution in [0.4, 0.5) is 11.8 Å². The van der Waals surface area contributed by atoms with Crippen molar-refractivity contribution in [3.8, 4) is 33.6 Å². The number of hydrogen-bond acceptors (Lipinski definition) is 8. The zero-order valence-electron chi connectivity index (χ0n) is 23.7. The third-order valence-electron chi connectivity index (χ3n) is 7.12. The maximum atomic E-state index is 12.2. The SMILES string of the molecule is CN(C)CCNC(=O)Cn1ccc(Nc2ncc3c(n2)-c2c(nn(C)c2-c2ccc(-c4cnn(C)c4)cc2)CC3)n1. The molecule has 2 N–H and O–H groups in total. The monoisotopic (exact) mass is 551 g/mol. The summed E-state index contributed by atoms with van der Waals surface area (Å²) >= 11 is 0. The molecular weight excluding hydrogens is 518 g/mol. The lowest BCUT2D eigenvalue weighted by molar-refractivity contribution is -0.121. The van der Waals surface area contributed by atoms with Crippen molar-refractivity contribution in [2.24, 2.45) is 14.1 Å². The van der Waals surface area contributed by atoms with Crippen molar-refractivity contribution in [3.05, 3.63) is 66.4 Å². The van der Waals surface area contributed by atoms with Gasteiger partial charge in [-0.05, 0) is 38.1 Å². The Morgan fingerprint density at radius 2 is 1.80 bits per heavy atom. The van der Waals surface area contributed by atoms with Crippen molar-refractivity contribution in [1.82, 2.24) is 49.5 Å². The topological polar surface area (TPSA) is 124 Å². The Morgan fingerprint density at radius 3 is 2.56 bits per heavy atom. The molecule has 210 valence electrons. The van der Waals surface area contributed by atoms with Crippen LogP contribution < -0.4 is 10.6 Å². The molecule has 0 fully saturated rings. The molecule has 6 rings (SSSR count). The molecule has 1 aromatic carbocycles. The fourth-order valence-corrected chi connectivity index (χ4v) is 5.10. The van der Waals surface area contributed by atoms with E-state index in [0.717, 1.165) is 64.3 Å². The maximum absolute atomic E-state index is 12.2. The van der Waals surface area contributed by atoms with Gasteiger partial charge in [0.05, 0.1) is 23.3 Å². The fraction of sp³-hybridized carbons (Fsp3) is 0.310. The molecule has 12 nitrogen and oxygen atoms in total. The summed E-state index contributed by atoms with van der Waals surface area (Å²) in [7, 11) is 7.84. The molecule has 0 saturated carbocycles. The summed E-state index contributed by atoms with van der Waals surface area (Å²) in [5.74, 6) is 0.926. The van der Waals surface area contributed by atoms with Crippen LogP contribution in [0.2, 0.25) is 0 Å². The van der Waals surface area contributed by atoms with Gasteiger partial charge in [0, 0.05) is 68.5 Å². The van der Waals surface area contributed by atoms with E-state index < -0.39 is 0 Å². The van der Waals surface area contributed by atoms with E-state index in [-0.39, 0.29) is 12.5 Å². The number of aryl methyl sites for hydroxylation is 4. The lowest BCUT2D eigenvalue weighted by Crippen LogP contribution is -2.33. The molecule has 1 aliphatic carbocycles. The first-order chi connectivity index (χ1) is 19.8. The van der Waals surface area contributed by atoms with Gasteiger partial charge in [0.15, 0.2) is 5.82 Å². The molecule has 0 spiro atoms. The number of fused-ring (bicyclic) bond motifs is 3. The zero-order valence-corrected chi connectivity index (χ0v) is 23.7. The molecule has 41 heavy (non-hydrogen) atoms. The number of carbonyl (C=O) groups excluding carboxylic acids is 1. The van der Waals surface area contributed by atoms with Crippen molar-refractivity contribution < 1.29 is 4.79 Å². The van der Waals surface area contributed by atoms with Gasteiger partial charge in [-0.3, -0.25) is 18.8 Å². The number of nitrogens with zero attached hydrogens (tertiary/aromatic N) is 9. The number of likely N-dealkylation sites (N-methyl/N-ethyl adjacent to an activating group) is 1. The van der Waals surface area contributed by atoms with Crippen molar-refractivity contribution in [1.29, 1.82) is 0 Å². The summed E-state index contributed by atoms with van der Waals surface area (Å²) in [5, 5.41) is 19.7. The molecule has 4 aromatic heterocycles. The maximum Gasteiger partial charge on any atom is 0.241 e. The summed E-state index contributed by atoms with van der Waals surface area (Å²) < 4.78 is 5.34. The minimum atomic E-state index is -0.0864. The Bertz CT molecular complexity index is 1690. The molecular formula is C29H33N11O. The van der Waals surface area contributed by atoms with Crippen LogP contribution in [-0.4, -0.2) is 77.3 Å². The highest BCUT2D eigenvalue weighted by Crippen LogP contribution is 2.40. The summed E-state index contributed by atoms with van der Waals surface area (Å²) in [4.78, 5) is 23.7. The summed E-state index contributed by atoms with van der Waals surface area (Å²) in [6.07, 6.45) is 9.18. The molecule has 0 saturated heterocycles. The minimum Gasteiger partial charge on any atom is -0.353 e. The average Bonchev–Trinajstić information content (AvgIpc) is 3.66. The van der Waals surface area contributed by atoms with Gasteiger partial charge in [-0.2, -0.15) is 15.3 Å². The summed E-state index contributed by atoms with van der Waals surface area (Å²) in [6, 6.07) is 10.3. The highest BCUT2D eigenvalue weighted by molar-refractivity contribution is 5.85. The second-order valence-electron chi connectivity index (χ2n) is 10.5. The van der Waals surface area contributed by atoms with Crippen LogP contribution in [0.5, 0.6) is 0 Å². The minimum absolute atomic E-state index is 0.0864. The molecule has 5 aromatic rings. The van der Waals surface area contributed by atoms with E-state index in [1.165, 1.54) is 0 Å². The fourth-order valence-electron chi connectivity index (χ4n) is 5.10. The normalized spacial score (nSPS) is 12.3. The Hall–Kier alpha value is -4.84. The average molecular weight is 552 g/mol. The van der Waals surface area contributed by atoms with Gasteiger partial charge in [-0.15, -0.1) is 0 Å². The van der Waals surface area contributed by atoms with Crippen molar-refractivity contribution in [2.45, 2.75) is 19.4 Å². The van der Waals surface area contributed by atoms with E-state index in [4.69, 9.17) is 10.1 Å². The molecule has 0 unspecified atom stereocenters. The molecule has 1 amide bonds. The Morgan fingerprint density at radius 1 is 1.00 bits per heavy atom. The van der Waals surface area contributed by atoms with E-state index >= 15 is 0 Å². The molecule has 0 aliphatic heterocycles. The van der Waals surface area contributed by atoms with Crippen molar-refractivity contribution in [2.75, 3.05) is 32.5 Å². The molecule has 0 bridgehead atoms. The quantitative estimate of drug-likeness (QED) is 0.287. The molecule has 0 radical (unpaired) electrons. The second-order valence-corrected chi connectivity index (χ2v) is 10.5. The second kappa shape index (κ2) is 11.0. The van der Waals surface area contributed by atoms with Crippen LogP contribution in [0.25, 0.3) is 33.6 Å². The van der Waals surface area contributed by atoms with Crippen LogP contribution in [0.15, 0.2) is 55.1 Å². The third-order valence-corrected chi connectivity index (χ3v) is 7.12. The van der Waals surface area contributed by atoms with Crippen LogP contribution in [-0.2, 0) is 38.3 Å². The molecule has 4 heterocycles. The molecule has 0 atom stereocenters. The predicted octanol–water partition coefficient (Wildman–Crippen LogP) is 2.66. The first-order valence-electron chi connectivity index (χ1n) is 13.6. The van der Waals surface area contributed by atoms with Gasteiger partial charge in [-0.25, -0.2) is 9.97 Å². The van der Waals surface area contributed by atoms with Gasteiger partial charge in [0.2, 0.25) is 11.9 Å². The van der Waals surface area contributed by atoms with E-state index in [9.17, 15) is 4.79 Å². The van der Waals surface area contributed by atoms with Gasteiger partial charge < -0.3 is 15.5 Å². The highest BCUT2D eigenvalue weighted by atomic mass is 16.2. The first kappa shape index (κ1) is 26.4. The third kappa shape index (κ3) is 5.59. The van der Waals surface area contributed by atoms with Gasteiger partial charge >= 0.3 is 0 Å². The number of rotatable bonds is 9. The lowest BCUT2D eigenvalue weighted by Gasteiger charge is -2.17. The van der Waals surface area contributed by atoms with Crippen LogP contribution in [0.3, 0.4) is 0 Å². The number of aromatic nitrogens is 8. The van der Waals surface area contributed by atoms with Gasteiger partial charge in [-0.1, -0.05) is 24.3 Å². The predicted molar refractivity (Wildman–Crippen MR) is 156 cm³/mol. The molecule has 1 aliphatic rings. The number of hydrogen-bond donors (Lipinski definition) is 2. The Labute approximate surface area is 238 Å². The number of anilines is 2. The lowest BCUT2D eigenvalue weighted by atomic mass is 9.91. The van der Waals surface area contributed by atoms with E-state index in [2.05, 4.69) is 50.1 Å². The smallest absolute Gasteiger partial charge is 0.241 e. The number of amides is 1. The van der Waals surface area contributed by atoms with E-state index in [0.29, 0.717) is 18.3 Å². The van der Waals surface area contributed by atoms with Crippen LogP contribution >= 0.6 is 0 Å². The van der Waals surface area contributed by atoms with Crippen molar-refractivity contribution in [3.63, 3.8) is 0 Å². The van der Waals surface area contributed by atoms with Crippen LogP contribution in [0.1, 0.15) is 11.3 Å². The first-order valence-corrected chi connectivity index (χ1v) is 13.6. The van der Waals surface area contributed by atoms with Crippen molar-refractivity contribution >= 4 is 17.7 Å². The zero-order chi connectivity index (χ0) is 28.5. The highest BCUT2D eigenvalue weighted by Gasteiger charge is 2.27.